The van der Waals surface area contributed by atoms with Gasteiger partial charge in [0.05, 0.1) is 11.3 Å². The van der Waals surface area contributed by atoms with Crippen LogP contribution in [-0.4, -0.2) is 17.6 Å². The van der Waals surface area contributed by atoms with Crippen LogP contribution in [0.2, 0.25) is 0 Å². The van der Waals surface area contributed by atoms with Crippen LogP contribution in [0.4, 0.5) is 5.00 Å². The fourth-order valence-electron chi connectivity index (χ4n) is 3.03. The second-order valence-electron chi connectivity index (χ2n) is 6.36. The number of amides is 2. The normalized spacial score (nSPS) is 13.4. The predicted molar refractivity (Wildman–Crippen MR) is 105 cm³/mol. The van der Waals surface area contributed by atoms with Gasteiger partial charge in [0.2, 0.25) is 5.91 Å². The lowest BCUT2D eigenvalue weighted by molar-refractivity contribution is -0.113. The van der Waals surface area contributed by atoms with Crippen molar-refractivity contribution in [3.05, 3.63) is 45.3 Å². The maximum atomic E-state index is 12.3. The molecule has 1 aliphatic carbocycles. The summed E-state index contributed by atoms with van der Waals surface area (Å²) in [6.45, 7) is 4.13. The number of carbonyl (C=O) groups is 2. The van der Waals surface area contributed by atoms with Gasteiger partial charge in [-0.25, -0.2) is 0 Å². The molecule has 0 radical (unpaired) electrons. The number of carbonyl (C=O) groups excluding carboxylic acids is 2. The lowest BCUT2D eigenvalue weighted by Crippen LogP contribution is -2.19. The molecule has 0 bridgehead atoms. The maximum Gasteiger partial charge on any atom is 0.251 e. The molecule has 0 atom stereocenters. The SMILES string of the molecule is Cc1ccc(SCC(=O)Nc2sc3c(c2C(N)=O)CCCC3)cc1C. The molecule has 0 saturated carbocycles. The molecule has 2 aromatic rings. The van der Waals surface area contributed by atoms with Gasteiger partial charge in [0.15, 0.2) is 0 Å². The van der Waals surface area contributed by atoms with Crippen LogP contribution in [0.5, 0.6) is 0 Å². The summed E-state index contributed by atoms with van der Waals surface area (Å²) in [5.74, 6) is -0.246. The molecule has 1 aliphatic rings. The molecule has 0 spiro atoms. The van der Waals surface area contributed by atoms with E-state index in [1.54, 1.807) is 0 Å². The van der Waals surface area contributed by atoms with E-state index in [1.165, 1.54) is 39.1 Å². The van der Waals surface area contributed by atoms with Gasteiger partial charge in [0.25, 0.3) is 5.91 Å². The van der Waals surface area contributed by atoms with Crippen LogP contribution >= 0.6 is 23.1 Å². The fraction of sp³-hybridized carbons (Fsp3) is 0.368. The molecule has 0 aliphatic heterocycles. The van der Waals surface area contributed by atoms with Crippen LogP contribution in [0.25, 0.3) is 0 Å². The van der Waals surface area contributed by atoms with Crippen molar-refractivity contribution in [3.8, 4) is 0 Å². The highest BCUT2D eigenvalue weighted by molar-refractivity contribution is 8.00. The van der Waals surface area contributed by atoms with E-state index in [4.69, 9.17) is 5.73 Å². The van der Waals surface area contributed by atoms with Gasteiger partial charge in [-0.3, -0.25) is 9.59 Å². The van der Waals surface area contributed by atoms with Crippen LogP contribution in [-0.2, 0) is 17.6 Å². The Labute approximate surface area is 156 Å². The first kappa shape index (κ1) is 18.0. The van der Waals surface area contributed by atoms with E-state index in [1.807, 2.05) is 6.07 Å². The number of rotatable bonds is 5. The highest BCUT2D eigenvalue weighted by Crippen LogP contribution is 2.38. The number of nitrogens with two attached hydrogens (primary N) is 1. The topological polar surface area (TPSA) is 72.2 Å². The van der Waals surface area contributed by atoms with Gasteiger partial charge in [0, 0.05) is 9.77 Å². The van der Waals surface area contributed by atoms with Crippen molar-refractivity contribution in [2.24, 2.45) is 5.73 Å². The van der Waals surface area contributed by atoms with Crippen molar-refractivity contribution < 1.29 is 9.59 Å². The van der Waals surface area contributed by atoms with E-state index < -0.39 is 5.91 Å². The first-order valence-corrected chi connectivity index (χ1v) is 10.2. The van der Waals surface area contributed by atoms with Crippen molar-refractivity contribution in [1.82, 2.24) is 0 Å². The lowest BCUT2D eigenvalue weighted by Gasteiger charge is -2.11. The van der Waals surface area contributed by atoms with Crippen LogP contribution in [0.3, 0.4) is 0 Å². The van der Waals surface area contributed by atoms with Crippen LogP contribution in [0, 0.1) is 13.8 Å². The molecule has 1 aromatic heterocycles. The Morgan fingerprint density at radius 2 is 1.96 bits per heavy atom. The van der Waals surface area contributed by atoms with E-state index in [-0.39, 0.29) is 5.91 Å². The largest absolute Gasteiger partial charge is 0.365 e. The van der Waals surface area contributed by atoms with Crippen molar-refractivity contribution in [3.63, 3.8) is 0 Å². The van der Waals surface area contributed by atoms with E-state index >= 15 is 0 Å². The second-order valence-corrected chi connectivity index (χ2v) is 8.52. The summed E-state index contributed by atoms with van der Waals surface area (Å²) in [7, 11) is 0. The summed E-state index contributed by atoms with van der Waals surface area (Å²) in [5.41, 5.74) is 9.58. The molecule has 3 N–H and O–H groups in total. The number of hydrogen-bond donors (Lipinski definition) is 2. The Balaban J connectivity index is 1.69. The van der Waals surface area contributed by atoms with Crippen molar-refractivity contribution in [1.29, 1.82) is 0 Å². The highest BCUT2D eigenvalue weighted by atomic mass is 32.2. The molecule has 25 heavy (non-hydrogen) atoms. The van der Waals surface area contributed by atoms with E-state index in [0.717, 1.165) is 36.1 Å². The molecule has 2 amide bonds. The molecular formula is C19H22N2O2S2. The molecule has 4 nitrogen and oxygen atoms in total. The number of aryl methyl sites for hydroxylation is 3. The lowest BCUT2D eigenvalue weighted by atomic mass is 9.95. The summed E-state index contributed by atoms with van der Waals surface area (Å²) in [4.78, 5) is 26.5. The molecule has 0 fully saturated rings. The third-order valence-electron chi connectivity index (χ3n) is 4.52. The van der Waals surface area contributed by atoms with E-state index in [0.29, 0.717) is 16.3 Å². The minimum absolute atomic E-state index is 0.107. The molecule has 1 aromatic carbocycles. The van der Waals surface area contributed by atoms with Gasteiger partial charge in [-0.1, -0.05) is 6.07 Å². The molecule has 3 rings (SSSR count). The Morgan fingerprint density at radius 1 is 1.20 bits per heavy atom. The van der Waals surface area contributed by atoms with Gasteiger partial charge in [-0.15, -0.1) is 23.1 Å². The van der Waals surface area contributed by atoms with Gasteiger partial charge in [-0.2, -0.15) is 0 Å². The van der Waals surface area contributed by atoms with Crippen LogP contribution < -0.4 is 11.1 Å². The average molecular weight is 375 g/mol. The molecular weight excluding hydrogens is 352 g/mol. The zero-order valence-electron chi connectivity index (χ0n) is 14.5. The standard InChI is InChI=1S/C19H22N2O2S2/c1-11-7-8-13(9-12(11)2)24-10-16(22)21-19-17(18(20)23)14-5-3-4-6-15(14)25-19/h7-9H,3-6,10H2,1-2H3,(H2,20,23)(H,21,22). The zero-order chi connectivity index (χ0) is 18.0. The smallest absolute Gasteiger partial charge is 0.251 e. The Kier molecular flexibility index (Phi) is 5.49. The van der Waals surface area contributed by atoms with Crippen LogP contribution in [0.15, 0.2) is 23.1 Å². The van der Waals surface area contributed by atoms with Crippen molar-refractivity contribution in [2.75, 3.05) is 11.1 Å². The predicted octanol–water partition coefficient (Wildman–Crippen LogP) is 4.07. The minimum Gasteiger partial charge on any atom is -0.365 e. The van der Waals surface area contributed by atoms with Crippen molar-refractivity contribution in [2.45, 2.75) is 44.4 Å². The number of anilines is 1. The fourth-order valence-corrected chi connectivity index (χ4v) is 5.14. The number of thioether (sulfide) groups is 1. The summed E-state index contributed by atoms with van der Waals surface area (Å²) < 4.78 is 0. The zero-order valence-corrected chi connectivity index (χ0v) is 16.1. The summed E-state index contributed by atoms with van der Waals surface area (Å²) in [6, 6.07) is 6.18. The molecule has 0 unspecified atom stereocenters. The average Bonchev–Trinajstić information content (AvgIpc) is 2.93. The van der Waals surface area contributed by atoms with Crippen LogP contribution in [0.1, 0.15) is 44.8 Å². The second kappa shape index (κ2) is 7.62. The summed E-state index contributed by atoms with van der Waals surface area (Å²) in [5, 5.41) is 3.52. The number of primary amides is 1. The summed E-state index contributed by atoms with van der Waals surface area (Å²) >= 11 is 3.00. The quantitative estimate of drug-likeness (QED) is 0.775. The monoisotopic (exact) mass is 374 g/mol. The number of fused-ring (bicyclic) bond motifs is 1. The van der Waals surface area contributed by atoms with Crippen molar-refractivity contribution >= 4 is 39.9 Å². The van der Waals surface area contributed by atoms with E-state index in [2.05, 4.69) is 31.3 Å². The summed E-state index contributed by atoms with van der Waals surface area (Å²) in [6.07, 6.45) is 4.03. The number of benzene rings is 1. The number of hydrogen-bond acceptors (Lipinski definition) is 4. The van der Waals surface area contributed by atoms with E-state index in [9.17, 15) is 9.59 Å². The Bertz CT molecular complexity index is 827. The molecule has 1 heterocycles. The minimum atomic E-state index is -0.448. The first-order chi connectivity index (χ1) is 12.0. The maximum absolute atomic E-state index is 12.3. The molecule has 6 heteroatoms. The Morgan fingerprint density at radius 3 is 2.68 bits per heavy atom. The Hall–Kier alpha value is -1.79. The highest BCUT2D eigenvalue weighted by Gasteiger charge is 2.24. The molecule has 132 valence electrons. The third-order valence-corrected chi connectivity index (χ3v) is 6.72. The van der Waals surface area contributed by atoms with Gasteiger partial charge >= 0.3 is 0 Å². The van der Waals surface area contributed by atoms with Gasteiger partial charge in [-0.05, 0) is 68.4 Å². The number of thiophene rings is 1. The van der Waals surface area contributed by atoms with Gasteiger partial charge < -0.3 is 11.1 Å². The van der Waals surface area contributed by atoms with Gasteiger partial charge in [0.1, 0.15) is 5.00 Å². The molecule has 0 saturated heterocycles. The first-order valence-electron chi connectivity index (χ1n) is 8.40. The number of nitrogens with one attached hydrogen (secondary N) is 1. The third kappa shape index (κ3) is 4.07.